The van der Waals surface area contributed by atoms with Crippen molar-refractivity contribution in [1.29, 1.82) is 0 Å². The van der Waals surface area contributed by atoms with Gasteiger partial charge in [0.25, 0.3) is 11.5 Å². The van der Waals surface area contributed by atoms with E-state index in [-0.39, 0.29) is 11.5 Å². The van der Waals surface area contributed by atoms with Crippen LogP contribution in [0.5, 0.6) is 0 Å². The zero-order chi connectivity index (χ0) is 17.8. The van der Waals surface area contributed by atoms with Crippen LogP contribution in [0.15, 0.2) is 35.3 Å². The van der Waals surface area contributed by atoms with Gasteiger partial charge in [0.15, 0.2) is 0 Å². The molecule has 1 N–H and O–H groups in total. The number of nitrogens with one attached hydrogen (secondary N) is 1. The maximum Gasteiger partial charge on any atom is 0.292 e. The first-order valence-electron chi connectivity index (χ1n) is 8.10. The zero-order valence-corrected chi connectivity index (χ0v) is 14.6. The van der Waals surface area contributed by atoms with Crippen LogP contribution in [-0.4, -0.2) is 42.0 Å². The Morgan fingerprint density at radius 2 is 2.04 bits per heavy atom. The first kappa shape index (κ1) is 17.4. The van der Waals surface area contributed by atoms with E-state index >= 15 is 0 Å². The van der Waals surface area contributed by atoms with E-state index in [2.05, 4.69) is 10.4 Å². The average molecular weight is 363 g/mol. The summed E-state index contributed by atoms with van der Waals surface area (Å²) in [5, 5.41) is 7.25. The molecule has 0 radical (unpaired) electrons. The first-order valence-corrected chi connectivity index (χ1v) is 8.48. The molecule has 3 rings (SSSR count). The van der Waals surface area contributed by atoms with Crippen LogP contribution in [0, 0.1) is 0 Å². The molecule has 8 heteroatoms. The fraction of sp³-hybridized carbons (Fsp3) is 0.353. The van der Waals surface area contributed by atoms with Crippen molar-refractivity contribution in [2.24, 2.45) is 0 Å². The van der Waals surface area contributed by atoms with Gasteiger partial charge in [-0.1, -0.05) is 23.7 Å². The number of carbonyl (C=O) groups excluding carboxylic acids is 1. The lowest BCUT2D eigenvalue weighted by Gasteiger charge is -2.29. The second-order valence-electron chi connectivity index (χ2n) is 5.56. The molecule has 0 unspecified atom stereocenters. The van der Waals surface area contributed by atoms with Gasteiger partial charge in [-0.2, -0.15) is 5.10 Å². The summed E-state index contributed by atoms with van der Waals surface area (Å²) in [6.07, 6.45) is 1.50. The summed E-state index contributed by atoms with van der Waals surface area (Å²) in [5.41, 5.74) is 0.917. The van der Waals surface area contributed by atoms with E-state index in [0.29, 0.717) is 54.8 Å². The quantitative estimate of drug-likeness (QED) is 0.900. The predicted molar refractivity (Wildman–Crippen MR) is 96.6 cm³/mol. The van der Waals surface area contributed by atoms with Gasteiger partial charge in [-0.05, 0) is 19.1 Å². The van der Waals surface area contributed by atoms with E-state index in [4.69, 9.17) is 16.3 Å². The number of nitrogens with zero attached hydrogens (tertiary/aromatic N) is 3. The molecular weight excluding hydrogens is 344 g/mol. The molecule has 1 amide bonds. The normalized spacial score (nSPS) is 14.4. The third-order valence-corrected chi connectivity index (χ3v) is 4.34. The summed E-state index contributed by atoms with van der Waals surface area (Å²) in [7, 11) is 0. The van der Waals surface area contributed by atoms with Gasteiger partial charge < -0.3 is 15.0 Å². The van der Waals surface area contributed by atoms with Gasteiger partial charge in [0.05, 0.1) is 35.7 Å². The Kier molecular flexibility index (Phi) is 5.35. The third-order valence-electron chi connectivity index (χ3n) is 4.01. The summed E-state index contributed by atoms with van der Waals surface area (Å²) >= 11 is 6.08. The number of aromatic nitrogens is 2. The number of carbonyl (C=O) groups is 1. The highest BCUT2D eigenvalue weighted by Gasteiger charge is 2.22. The molecule has 7 nitrogen and oxygen atoms in total. The van der Waals surface area contributed by atoms with Gasteiger partial charge in [0.1, 0.15) is 5.69 Å². The minimum atomic E-state index is -0.379. The summed E-state index contributed by atoms with van der Waals surface area (Å²) in [4.78, 5) is 27.2. The monoisotopic (exact) mass is 362 g/mol. The van der Waals surface area contributed by atoms with E-state index in [1.807, 2.05) is 11.8 Å². The molecule has 2 heterocycles. The summed E-state index contributed by atoms with van der Waals surface area (Å²) in [6.45, 7) is 4.53. The number of rotatable bonds is 4. The minimum absolute atomic E-state index is 0.235. The molecule has 25 heavy (non-hydrogen) atoms. The molecule has 0 bridgehead atoms. The van der Waals surface area contributed by atoms with Crippen molar-refractivity contribution in [1.82, 2.24) is 9.78 Å². The fourth-order valence-corrected chi connectivity index (χ4v) is 2.94. The maximum atomic E-state index is 12.7. The third kappa shape index (κ3) is 3.67. The van der Waals surface area contributed by atoms with Crippen LogP contribution in [0.25, 0.3) is 0 Å². The molecule has 0 atom stereocenters. The second-order valence-corrected chi connectivity index (χ2v) is 5.97. The Labute approximate surface area is 150 Å². The minimum Gasteiger partial charge on any atom is -0.378 e. The highest BCUT2D eigenvalue weighted by Crippen LogP contribution is 2.23. The molecule has 1 fully saturated rings. The topological polar surface area (TPSA) is 76.5 Å². The molecule has 1 aromatic carbocycles. The maximum absolute atomic E-state index is 12.7. The lowest BCUT2D eigenvalue weighted by molar-refractivity contribution is 0.102. The van der Waals surface area contributed by atoms with Crippen molar-refractivity contribution in [3.63, 3.8) is 0 Å². The molecule has 1 aromatic heterocycles. The van der Waals surface area contributed by atoms with Gasteiger partial charge in [-0.15, -0.1) is 0 Å². The summed E-state index contributed by atoms with van der Waals surface area (Å²) in [6, 6.07) is 6.76. The van der Waals surface area contributed by atoms with E-state index in [9.17, 15) is 9.59 Å². The van der Waals surface area contributed by atoms with Gasteiger partial charge in [-0.25, -0.2) is 4.68 Å². The highest BCUT2D eigenvalue weighted by molar-refractivity contribution is 6.34. The van der Waals surface area contributed by atoms with Crippen LogP contribution in [0.4, 0.5) is 11.4 Å². The van der Waals surface area contributed by atoms with Crippen LogP contribution in [-0.2, 0) is 11.3 Å². The molecule has 0 saturated carbocycles. The molecule has 2 aromatic rings. The fourth-order valence-electron chi connectivity index (χ4n) is 2.72. The summed E-state index contributed by atoms with van der Waals surface area (Å²) < 4.78 is 6.72. The molecular formula is C17H19ClN4O3. The Morgan fingerprint density at radius 1 is 1.32 bits per heavy atom. The van der Waals surface area contributed by atoms with Crippen LogP contribution >= 0.6 is 11.6 Å². The number of benzene rings is 1. The number of hydrogen-bond donors (Lipinski definition) is 1. The molecule has 1 aliphatic rings. The zero-order valence-electron chi connectivity index (χ0n) is 13.9. The Hall–Kier alpha value is -2.38. The van der Waals surface area contributed by atoms with E-state index in [1.54, 1.807) is 24.3 Å². The Balaban J connectivity index is 1.98. The van der Waals surface area contributed by atoms with Gasteiger partial charge in [-0.3, -0.25) is 9.59 Å². The largest absolute Gasteiger partial charge is 0.378 e. The van der Waals surface area contributed by atoms with Crippen molar-refractivity contribution < 1.29 is 9.53 Å². The van der Waals surface area contributed by atoms with Gasteiger partial charge in [0.2, 0.25) is 0 Å². The van der Waals surface area contributed by atoms with Crippen molar-refractivity contribution in [2.75, 3.05) is 36.5 Å². The molecule has 1 saturated heterocycles. The van der Waals surface area contributed by atoms with E-state index in [0.717, 1.165) is 0 Å². The predicted octanol–water partition coefficient (Wildman–Crippen LogP) is 2.01. The number of morpholine rings is 1. The van der Waals surface area contributed by atoms with Crippen molar-refractivity contribution >= 4 is 28.9 Å². The van der Waals surface area contributed by atoms with Gasteiger partial charge in [0, 0.05) is 19.6 Å². The van der Waals surface area contributed by atoms with E-state index < -0.39 is 0 Å². The smallest absolute Gasteiger partial charge is 0.292 e. The van der Waals surface area contributed by atoms with Crippen LogP contribution in [0.3, 0.4) is 0 Å². The Morgan fingerprint density at radius 3 is 2.72 bits per heavy atom. The van der Waals surface area contributed by atoms with Crippen LogP contribution < -0.4 is 15.8 Å². The lowest BCUT2D eigenvalue weighted by atomic mass is 10.2. The van der Waals surface area contributed by atoms with Crippen LogP contribution in [0.2, 0.25) is 5.02 Å². The SMILES string of the molecule is CCn1ncc(NC(=O)c2ccccc2Cl)c(N2CCOCC2)c1=O. The number of ether oxygens (including phenoxy) is 1. The van der Waals surface area contributed by atoms with E-state index in [1.165, 1.54) is 10.9 Å². The Bertz CT molecular complexity index is 831. The molecule has 0 spiro atoms. The van der Waals surface area contributed by atoms with Crippen molar-refractivity contribution in [3.05, 3.63) is 51.4 Å². The molecule has 132 valence electrons. The molecule has 1 aliphatic heterocycles. The number of aryl methyl sites for hydroxylation is 1. The number of amides is 1. The number of hydrogen-bond acceptors (Lipinski definition) is 5. The van der Waals surface area contributed by atoms with Crippen LogP contribution in [0.1, 0.15) is 17.3 Å². The van der Waals surface area contributed by atoms with Gasteiger partial charge >= 0.3 is 0 Å². The first-order chi connectivity index (χ1) is 12.1. The van der Waals surface area contributed by atoms with Crippen molar-refractivity contribution in [2.45, 2.75) is 13.5 Å². The molecule has 0 aliphatic carbocycles. The standard InChI is InChI=1S/C17H19ClN4O3/c1-2-22-17(24)15(21-7-9-25-10-8-21)14(11-19-22)20-16(23)12-5-3-4-6-13(12)18/h3-6,11H,2,7-10H2,1H3,(H,20,23). The van der Waals surface area contributed by atoms with Crippen molar-refractivity contribution in [3.8, 4) is 0 Å². The highest BCUT2D eigenvalue weighted by atomic mass is 35.5. The number of anilines is 2. The lowest BCUT2D eigenvalue weighted by Crippen LogP contribution is -2.41. The second kappa shape index (κ2) is 7.67. The number of halogens is 1. The summed E-state index contributed by atoms with van der Waals surface area (Å²) in [5.74, 6) is -0.379. The average Bonchev–Trinajstić information content (AvgIpc) is 2.63.